The molecule has 2 aromatic rings. The number of halogens is 1. The van der Waals surface area contributed by atoms with Crippen LogP contribution in [0.1, 0.15) is 30.9 Å². The standard InChI is InChI=1S/C22H27ClN2O2/c1-18(26)25(27-17-20-7-9-21(23)10-8-20)22-12-15-24(16-13-22)14-11-19-5-3-2-4-6-19/h2-10,22H,11-17H2,1H3. The van der Waals surface area contributed by atoms with Crippen molar-refractivity contribution in [3.63, 3.8) is 0 Å². The van der Waals surface area contributed by atoms with Crippen molar-refractivity contribution in [1.82, 2.24) is 9.96 Å². The number of benzene rings is 2. The molecule has 1 amide bonds. The highest BCUT2D eigenvalue weighted by Crippen LogP contribution is 2.19. The molecule has 0 bridgehead atoms. The molecule has 1 aliphatic rings. The molecule has 0 radical (unpaired) electrons. The summed E-state index contributed by atoms with van der Waals surface area (Å²) in [7, 11) is 0. The van der Waals surface area contributed by atoms with Crippen LogP contribution < -0.4 is 0 Å². The number of carbonyl (C=O) groups is 1. The molecule has 2 aromatic carbocycles. The molecule has 1 fully saturated rings. The van der Waals surface area contributed by atoms with Gasteiger partial charge in [-0.25, -0.2) is 5.06 Å². The van der Waals surface area contributed by atoms with E-state index in [-0.39, 0.29) is 11.9 Å². The van der Waals surface area contributed by atoms with Crippen LogP contribution in [0.5, 0.6) is 0 Å². The Balaban J connectivity index is 1.46. The van der Waals surface area contributed by atoms with E-state index in [0.717, 1.165) is 44.5 Å². The zero-order valence-electron chi connectivity index (χ0n) is 15.8. The summed E-state index contributed by atoms with van der Waals surface area (Å²) in [5, 5.41) is 2.27. The Morgan fingerprint density at radius 1 is 1.07 bits per heavy atom. The van der Waals surface area contributed by atoms with Gasteiger partial charge in [-0.15, -0.1) is 0 Å². The van der Waals surface area contributed by atoms with E-state index in [0.29, 0.717) is 11.6 Å². The van der Waals surface area contributed by atoms with E-state index in [4.69, 9.17) is 16.4 Å². The summed E-state index contributed by atoms with van der Waals surface area (Å²) in [4.78, 5) is 20.4. The van der Waals surface area contributed by atoms with E-state index in [1.54, 1.807) is 12.0 Å². The van der Waals surface area contributed by atoms with Gasteiger partial charge in [0.15, 0.2) is 0 Å². The first-order valence-electron chi connectivity index (χ1n) is 9.55. The van der Waals surface area contributed by atoms with Crippen molar-refractivity contribution in [2.24, 2.45) is 0 Å². The van der Waals surface area contributed by atoms with Crippen LogP contribution >= 0.6 is 11.6 Å². The average Bonchev–Trinajstić information content (AvgIpc) is 2.69. The average molecular weight is 387 g/mol. The third kappa shape index (κ3) is 6.06. The van der Waals surface area contributed by atoms with Gasteiger partial charge in [-0.3, -0.25) is 9.63 Å². The van der Waals surface area contributed by atoms with Gasteiger partial charge in [-0.05, 0) is 42.5 Å². The normalized spacial score (nSPS) is 15.6. The zero-order chi connectivity index (χ0) is 19.1. The fraction of sp³-hybridized carbons (Fsp3) is 0.409. The van der Waals surface area contributed by atoms with Crippen LogP contribution in [0, 0.1) is 0 Å². The van der Waals surface area contributed by atoms with Gasteiger partial charge in [0.05, 0.1) is 6.04 Å². The summed E-state index contributed by atoms with van der Waals surface area (Å²) in [5.41, 5.74) is 2.38. The summed E-state index contributed by atoms with van der Waals surface area (Å²) in [5.74, 6) is -0.0355. The van der Waals surface area contributed by atoms with Crippen LogP contribution in [0.2, 0.25) is 5.02 Å². The van der Waals surface area contributed by atoms with Gasteiger partial charge in [0.1, 0.15) is 6.61 Å². The van der Waals surface area contributed by atoms with Crippen molar-refractivity contribution in [3.8, 4) is 0 Å². The molecular formula is C22H27ClN2O2. The number of piperidine rings is 1. The zero-order valence-corrected chi connectivity index (χ0v) is 16.6. The Morgan fingerprint density at radius 2 is 1.74 bits per heavy atom. The summed E-state index contributed by atoms with van der Waals surface area (Å²) in [6.07, 6.45) is 2.94. The molecule has 0 saturated carbocycles. The molecule has 1 aliphatic heterocycles. The molecule has 144 valence electrons. The van der Waals surface area contributed by atoms with E-state index in [9.17, 15) is 4.79 Å². The number of hydrogen-bond acceptors (Lipinski definition) is 3. The van der Waals surface area contributed by atoms with Gasteiger partial charge in [0.25, 0.3) is 0 Å². The molecule has 0 atom stereocenters. The van der Waals surface area contributed by atoms with Crippen molar-refractivity contribution in [2.45, 2.75) is 38.8 Å². The van der Waals surface area contributed by atoms with E-state index in [2.05, 4.69) is 35.2 Å². The molecule has 1 saturated heterocycles. The maximum absolute atomic E-state index is 12.1. The van der Waals surface area contributed by atoms with Crippen molar-refractivity contribution < 1.29 is 9.63 Å². The van der Waals surface area contributed by atoms with Crippen molar-refractivity contribution in [1.29, 1.82) is 0 Å². The van der Waals surface area contributed by atoms with Crippen LogP contribution in [0.25, 0.3) is 0 Å². The molecule has 0 unspecified atom stereocenters. The number of nitrogens with zero attached hydrogens (tertiary/aromatic N) is 2. The lowest BCUT2D eigenvalue weighted by Gasteiger charge is -2.37. The van der Waals surface area contributed by atoms with Gasteiger partial charge >= 0.3 is 0 Å². The van der Waals surface area contributed by atoms with Gasteiger partial charge in [0.2, 0.25) is 5.91 Å². The van der Waals surface area contributed by atoms with E-state index in [1.165, 1.54) is 5.56 Å². The van der Waals surface area contributed by atoms with Crippen LogP contribution in [0.15, 0.2) is 54.6 Å². The number of carbonyl (C=O) groups excluding carboxylic acids is 1. The molecule has 0 N–H and O–H groups in total. The summed E-state index contributed by atoms with van der Waals surface area (Å²) in [6.45, 7) is 4.99. The molecule has 5 heteroatoms. The smallest absolute Gasteiger partial charge is 0.243 e. The first-order chi connectivity index (χ1) is 13.1. The van der Waals surface area contributed by atoms with Crippen molar-refractivity contribution in [3.05, 3.63) is 70.7 Å². The predicted octanol–water partition coefficient (Wildman–Crippen LogP) is 4.33. The van der Waals surface area contributed by atoms with E-state index in [1.807, 2.05) is 24.3 Å². The Morgan fingerprint density at radius 3 is 2.37 bits per heavy atom. The van der Waals surface area contributed by atoms with Gasteiger partial charge in [0, 0.05) is 31.6 Å². The van der Waals surface area contributed by atoms with E-state index < -0.39 is 0 Å². The first kappa shape index (κ1) is 19.9. The molecule has 3 rings (SSSR count). The lowest BCUT2D eigenvalue weighted by molar-refractivity contribution is -0.208. The largest absolute Gasteiger partial charge is 0.303 e. The number of hydroxylamine groups is 2. The maximum Gasteiger partial charge on any atom is 0.243 e. The minimum absolute atomic E-state index is 0.0355. The highest BCUT2D eigenvalue weighted by atomic mass is 35.5. The lowest BCUT2D eigenvalue weighted by atomic mass is 10.0. The molecule has 27 heavy (non-hydrogen) atoms. The first-order valence-corrected chi connectivity index (χ1v) is 9.93. The maximum atomic E-state index is 12.1. The Bertz CT molecular complexity index is 713. The molecule has 0 spiro atoms. The Kier molecular flexibility index (Phi) is 7.27. The van der Waals surface area contributed by atoms with Gasteiger partial charge in [-0.1, -0.05) is 54.1 Å². The SMILES string of the molecule is CC(=O)N(OCc1ccc(Cl)cc1)C1CCN(CCc2ccccc2)CC1. The minimum atomic E-state index is -0.0355. The van der Waals surface area contributed by atoms with Crippen LogP contribution in [0.4, 0.5) is 0 Å². The third-order valence-electron chi connectivity index (χ3n) is 5.04. The molecule has 0 aromatic heterocycles. The second kappa shape index (κ2) is 9.88. The fourth-order valence-electron chi connectivity index (χ4n) is 3.49. The van der Waals surface area contributed by atoms with Crippen molar-refractivity contribution in [2.75, 3.05) is 19.6 Å². The molecular weight excluding hydrogens is 360 g/mol. The second-order valence-corrected chi connectivity index (χ2v) is 7.49. The minimum Gasteiger partial charge on any atom is -0.303 e. The third-order valence-corrected chi connectivity index (χ3v) is 5.29. The summed E-state index contributed by atoms with van der Waals surface area (Å²) < 4.78 is 0. The van der Waals surface area contributed by atoms with Crippen LogP contribution in [0.3, 0.4) is 0 Å². The van der Waals surface area contributed by atoms with Crippen LogP contribution in [-0.2, 0) is 22.7 Å². The predicted molar refractivity (Wildman–Crippen MR) is 108 cm³/mol. The Hall–Kier alpha value is -1.88. The number of amides is 1. The van der Waals surface area contributed by atoms with Gasteiger partial charge in [-0.2, -0.15) is 0 Å². The van der Waals surface area contributed by atoms with Crippen LogP contribution in [-0.4, -0.2) is 41.5 Å². The molecule has 0 aliphatic carbocycles. The van der Waals surface area contributed by atoms with Gasteiger partial charge < -0.3 is 4.90 Å². The second-order valence-electron chi connectivity index (χ2n) is 7.05. The lowest BCUT2D eigenvalue weighted by Crippen LogP contribution is -2.47. The topological polar surface area (TPSA) is 32.8 Å². The van der Waals surface area contributed by atoms with Crippen molar-refractivity contribution >= 4 is 17.5 Å². The highest BCUT2D eigenvalue weighted by Gasteiger charge is 2.27. The Labute approximate surface area is 166 Å². The molecule has 4 nitrogen and oxygen atoms in total. The monoisotopic (exact) mass is 386 g/mol. The quantitative estimate of drug-likeness (QED) is 0.664. The van der Waals surface area contributed by atoms with E-state index >= 15 is 0 Å². The summed E-state index contributed by atoms with van der Waals surface area (Å²) >= 11 is 5.92. The highest BCUT2D eigenvalue weighted by molar-refractivity contribution is 6.30. The fourth-order valence-corrected chi connectivity index (χ4v) is 3.61. The number of likely N-dealkylation sites (tertiary alicyclic amines) is 1. The molecule has 1 heterocycles. The number of hydrogen-bond donors (Lipinski definition) is 0. The summed E-state index contributed by atoms with van der Waals surface area (Å²) in [6, 6.07) is 18.2. The number of rotatable bonds is 7.